The van der Waals surface area contributed by atoms with Crippen molar-refractivity contribution < 1.29 is 14.6 Å². The summed E-state index contributed by atoms with van der Waals surface area (Å²) in [6, 6.07) is 12.3. The van der Waals surface area contributed by atoms with Gasteiger partial charge >= 0.3 is 5.97 Å². The molecule has 5 heteroatoms. The SMILES string of the molecule is COCc1ccccc1Nc1ccc(C(=O)O)cc1N. The van der Waals surface area contributed by atoms with Crippen molar-refractivity contribution in [2.24, 2.45) is 0 Å². The van der Waals surface area contributed by atoms with Gasteiger partial charge in [0.1, 0.15) is 0 Å². The van der Waals surface area contributed by atoms with E-state index in [1.165, 1.54) is 12.1 Å². The van der Waals surface area contributed by atoms with Gasteiger partial charge in [-0.3, -0.25) is 0 Å². The topological polar surface area (TPSA) is 84.6 Å². The summed E-state index contributed by atoms with van der Waals surface area (Å²) in [7, 11) is 1.63. The number of rotatable bonds is 5. The van der Waals surface area contributed by atoms with E-state index in [9.17, 15) is 4.79 Å². The van der Waals surface area contributed by atoms with Crippen molar-refractivity contribution in [2.75, 3.05) is 18.2 Å². The predicted molar refractivity (Wildman–Crippen MR) is 78.3 cm³/mol. The molecule has 0 aliphatic rings. The molecule has 0 spiro atoms. The lowest BCUT2D eigenvalue weighted by Gasteiger charge is -2.13. The van der Waals surface area contributed by atoms with Crippen LogP contribution < -0.4 is 11.1 Å². The lowest BCUT2D eigenvalue weighted by Crippen LogP contribution is -2.03. The second kappa shape index (κ2) is 6.08. The number of hydrogen-bond donors (Lipinski definition) is 3. The fraction of sp³-hybridized carbons (Fsp3) is 0.133. The Hall–Kier alpha value is -2.53. The largest absolute Gasteiger partial charge is 0.478 e. The minimum Gasteiger partial charge on any atom is -0.478 e. The molecular formula is C15H16N2O3. The molecule has 2 aromatic carbocycles. The van der Waals surface area contributed by atoms with Gasteiger partial charge in [-0.15, -0.1) is 0 Å². The van der Waals surface area contributed by atoms with Crippen LogP contribution in [0.5, 0.6) is 0 Å². The van der Waals surface area contributed by atoms with E-state index in [2.05, 4.69) is 5.32 Å². The number of carboxylic acid groups (broad SMARTS) is 1. The first-order valence-corrected chi connectivity index (χ1v) is 6.08. The van der Waals surface area contributed by atoms with Crippen molar-refractivity contribution in [3.63, 3.8) is 0 Å². The van der Waals surface area contributed by atoms with E-state index in [0.29, 0.717) is 18.0 Å². The molecule has 0 heterocycles. The zero-order chi connectivity index (χ0) is 14.5. The number of anilines is 3. The van der Waals surface area contributed by atoms with Crippen LogP contribution in [0.15, 0.2) is 42.5 Å². The van der Waals surface area contributed by atoms with E-state index < -0.39 is 5.97 Å². The maximum absolute atomic E-state index is 10.9. The first-order chi connectivity index (χ1) is 9.61. The lowest BCUT2D eigenvalue weighted by molar-refractivity contribution is 0.0697. The molecule has 2 rings (SSSR count). The van der Waals surface area contributed by atoms with Crippen LogP contribution in [0.4, 0.5) is 17.1 Å². The zero-order valence-corrected chi connectivity index (χ0v) is 11.1. The van der Waals surface area contributed by atoms with Gasteiger partial charge in [-0.25, -0.2) is 4.79 Å². The Morgan fingerprint density at radius 1 is 1.25 bits per heavy atom. The fourth-order valence-electron chi connectivity index (χ4n) is 1.88. The number of hydrogen-bond acceptors (Lipinski definition) is 4. The Kier molecular flexibility index (Phi) is 4.22. The van der Waals surface area contributed by atoms with E-state index in [1.54, 1.807) is 13.2 Å². The van der Waals surface area contributed by atoms with E-state index in [4.69, 9.17) is 15.6 Å². The molecule has 104 valence electrons. The number of carbonyl (C=O) groups is 1. The molecule has 5 nitrogen and oxygen atoms in total. The first-order valence-electron chi connectivity index (χ1n) is 6.08. The smallest absolute Gasteiger partial charge is 0.335 e. The monoisotopic (exact) mass is 272 g/mol. The van der Waals surface area contributed by atoms with E-state index in [0.717, 1.165) is 11.3 Å². The van der Waals surface area contributed by atoms with Crippen molar-refractivity contribution in [1.29, 1.82) is 0 Å². The second-order valence-corrected chi connectivity index (χ2v) is 4.32. The summed E-state index contributed by atoms with van der Waals surface area (Å²) in [5, 5.41) is 12.1. The molecule has 0 amide bonds. The molecule has 0 atom stereocenters. The van der Waals surface area contributed by atoms with Crippen molar-refractivity contribution in [3.8, 4) is 0 Å². The third-order valence-electron chi connectivity index (χ3n) is 2.89. The van der Waals surface area contributed by atoms with Gasteiger partial charge in [0, 0.05) is 18.4 Å². The highest BCUT2D eigenvalue weighted by Crippen LogP contribution is 2.26. The molecule has 0 saturated heterocycles. The molecular weight excluding hydrogens is 256 g/mol. The standard InChI is InChI=1S/C15H16N2O3/c1-20-9-11-4-2-3-5-13(11)17-14-7-6-10(15(18)19)8-12(14)16/h2-8,17H,9,16H2,1H3,(H,18,19). The molecule has 0 radical (unpaired) electrons. The van der Waals surface area contributed by atoms with Crippen LogP contribution in [0.1, 0.15) is 15.9 Å². The van der Waals surface area contributed by atoms with Crippen molar-refractivity contribution in [1.82, 2.24) is 0 Å². The van der Waals surface area contributed by atoms with Gasteiger partial charge in [0.05, 0.1) is 23.5 Å². The summed E-state index contributed by atoms with van der Waals surface area (Å²) in [4.78, 5) is 10.9. The molecule has 0 unspecified atom stereocenters. The van der Waals surface area contributed by atoms with Crippen LogP contribution in [-0.4, -0.2) is 18.2 Å². The van der Waals surface area contributed by atoms with Gasteiger partial charge in [0.15, 0.2) is 0 Å². The average molecular weight is 272 g/mol. The van der Waals surface area contributed by atoms with Gasteiger partial charge < -0.3 is 20.9 Å². The Morgan fingerprint density at radius 2 is 2.00 bits per heavy atom. The molecule has 0 bridgehead atoms. The van der Waals surface area contributed by atoms with Gasteiger partial charge in [0.2, 0.25) is 0 Å². The molecule has 2 aromatic rings. The molecule has 0 aliphatic carbocycles. The van der Waals surface area contributed by atoms with E-state index in [-0.39, 0.29) is 5.56 Å². The summed E-state index contributed by atoms with van der Waals surface area (Å²) < 4.78 is 5.14. The highest BCUT2D eigenvalue weighted by Gasteiger charge is 2.08. The number of methoxy groups -OCH3 is 1. The fourth-order valence-corrected chi connectivity index (χ4v) is 1.88. The summed E-state index contributed by atoms with van der Waals surface area (Å²) in [5.74, 6) is -0.997. The third-order valence-corrected chi connectivity index (χ3v) is 2.89. The molecule has 0 saturated carbocycles. The van der Waals surface area contributed by atoms with Gasteiger partial charge in [-0.05, 0) is 24.3 Å². The number of carboxylic acids is 1. The average Bonchev–Trinajstić information content (AvgIpc) is 2.43. The van der Waals surface area contributed by atoms with Crippen LogP contribution in [-0.2, 0) is 11.3 Å². The molecule has 0 aliphatic heterocycles. The number of nitrogens with one attached hydrogen (secondary N) is 1. The van der Waals surface area contributed by atoms with Crippen LogP contribution in [0, 0.1) is 0 Å². The number of benzene rings is 2. The van der Waals surface area contributed by atoms with Gasteiger partial charge in [0.25, 0.3) is 0 Å². The molecule has 0 fully saturated rings. The van der Waals surface area contributed by atoms with Gasteiger partial charge in [-0.2, -0.15) is 0 Å². The molecule has 4 N–H and O–H groups in total. The van der Waals surface area contributed by atoms with Crippen LogP contribution in [0.25, 0.3) is 0 Å². The lowest BCUT2D eigenvalue weighted by atomic mass is 10.1. The number of nitrogen functional groups attached to an aromatic ring is 1. The predicted octanol–water partition coefficient (Wildman–Crippen LogP) is 2.86. The highest BCUT2D eigenvalue weighted by molar-refractivity contribution is 5.90. The summed E-state index contributed by atoms with van der Waals surface area (Å²) >= 11 is 0. The normalized spacial score (nSPS) is 10.2. The number of para-hydroxylation sites is 1. The number of ether oxygens (including phenoxy) is 1. The minimum atomic E-state index is -0.997. The number of nitrogens with two attached hydrogens (primary N) is 1. The van der Waals surface area contributed by atoms with E-state index >= 15 is 0 Å². The quantitative estimate of drug-likeness (QED) is 0.729. The Labute approximate surface area is 117 Å². The maximum Gasteiger partial charge on any atom is 0.335 e. The third kappa shape index (κ3) is 3.07. The van der Waals surface area contributed by atoms with Crippen LogP contribution >= 0.6 is 0 Å². The van der Waals surface area contributed by atoms with Crippen LogP contribution in [0.3, 0.4) is 0 Å². The zero-order valence-electron chi connectivity index (χ0n) is 11.1. The molecule has 20 heavy (non-hydrogen) atoms. The van der Waals surface area contributed by atoms with Gasteiger partial charge in [-0.1, -0.05) is 18.2 Å². The van der Waals surface area contributed by atoms with E-state index in [1.807, 2.05) is 24.3 Å². The summed E-state index contributed by atoms with van der Waals surface area (Å²) in [5.41, 5.74) is 8.97. The van der Waals surface area contributed by atoms with Crippen molar-refractivity contribution in [3.05, 3.63) is 53.6 Å². The van der Waals surface area contributed by atoms with Crippen molar-refractivity contribution in [2.45, 2.75) is 6.61 Å². The van der Waals surface area contributed by atoms with Crippen LogP contribution in [0.2, 0.25) is 0 Å². The minimum absolute atomic E-state index is 0.165. The second-order valence-electron chi connectivity index (χ2n) is 4.32. The summed E-state index contributed by atoms with van der Waals surface area (Å²) in [6.45, 7) is 0.482. The Balaban J connectivity index is 2.28. The molecule has 0 aromatic heterocycles. The maximum atomic E-state index is 10.9. The number of aromatic carboxylic acids is 1. The Morgan fingerprint density at radius 3 is 2.65 bits per heavy atom. The Bertz CT molecular complexity index is 626. The first kappa shape index (κ1) is 13.9. The highest BCUT2D eigenvalue weighted by atomic mass is 16.5. The van der Waals surface area contributed by atoms with Crippen molar-refractivity contribution >= 4 is 23.0 Å². The summed E-state index contributed by atoms with van der Waals surface area (Å²) in [6.07, 6.45) is 0.